The van der Waals surface area contributed by atoms with Gasteiger partial charge >= 0.3 is 5.69 Å². The van der Waals surface area contributed by atoms with Crippen molar-refractivity contribution in [3.05, 3.63) is 27.2 Å². The summed E-state index contributed by atoms with van der Waals surface area (Å²) in [6.07, 6.45) is 12.8. The Kier molecular flexibility index (Phi) is 8.20. The van der Waals surface area contributed by atoms with Gasteiger partial charge in [-0.3, -0.25) is 13.9 Å². The number of nitrogens with zero attached hydrogens (tertiary/aromatic N) is 5. The Labute approximate surface area is 158 Å². The first-order valence-electron chi connectivity index (χ1n) is 9.72. The average molecular weight is 375 g/mol. The summed E-state index contributed by atoms with van der Waals surface area (Å²) in [5, 5.41) is 0. The summed E-state index contributed by atoms with van der Waals surface area (Å²) in [6.45, 7) is 1.04. The van der Waals surface area contributed by atoms with Crippen molar-refractivity contribution >= 4 is 17.2 Å². The number of fused-ring (bicyclic) bond motifs is 1. The Morgan fingerprint density at radius 2 is 1.56 bits per heavy atom. The monoisotopic (exact) mass is 375 g/mol. The summed E-state index contributed by atoms with van der Waals surface area (Å²) >= 11 is 0. The van der Waals surface area contributed by atoms with Gasteiger partial charge in [0.25, 0.3) is 5.56 Å². The molecule has 2 aromatic rings. The van der Waals surface area contributed by atoms with E-state index in [-0.39, 0.29) is 11.2 Å². The highest BCUT2D eigenvalue weighted by Crippen LogP contribution is 2.10. The van der Waals surface area contributed by atoms with Crippen LogP contribution in [0.15, 0.2) is 20.9 Å². The standard InChI is InChI=1S/C19H29N5O3/c1-22-14-21-17-16(22)18(26)24(19(27)23(17)2)13-11-9-7-5-3-4-6-8-10-12-20-15-25/h14H,3-13H2,1-2H3. The van der Waals surface area contributed by atoms with Crippen LogP contribution in [0, 0.1) is 0 Å². The van der Waals surface area contributed by atoms with Gasteiger partial charge < -0.3 is 4.57 Å². The molecular formula is C19H29N5O3. The summed E-state index contributed by atoms with van der Waals surface area (Å²) < 4.78 is 4.43. The Bertz CT molecular complexity index is 902. The van der Waals surface area contributed by atoms with Gasteiger partial charge in [-0.25, -0.2) is 19.6 Å². The number of hydrogen-bond acceptors (Lipinski definition) is 5. The van der Waals surface area contributed by atoms with Crippen molar-refractivity contribution in [2.24, 2.45) is 19.1 Å². The lowest BCUT2D eigenvalue weighted by Gasteiger charge is -2.08. The Balaban J connectivity index is 1.71. The van der Waals surface area contributed by atoms with E-state index in [0.717, 1.165) is 32.1 Å². The zero-order chi connectivity index (χ0) is 19.6. The van der Waals surface area contributed by atoms with Crippen molar-refractivity contribution in [1.82, 2.24) is 18.7 Å². The molecule has 0 amide bonds. The molecule has 0 atom stereocenters. The molecule has 0 saturated carbocycles. The quantitative estimate of drug-likeness (QED) is 0.323. The van der Waals surface area contributed by atoms with Crippen LogP contribution >= 0.6 is 0 Å². The second-order valence-corrected chi connectivity index (χ2v) is 6.98. The molecule has 0 aromatic carbocycles. The maximum Gasteiger partial charge on any atom is 0.332 e. The Morgan fingerprint density at radius 1 is 0.963 bits per heavy atom. The van der Waals surface area contributed by atoms with Crippen LogP contribution in [0.4, 0.5) is 0 Å². The predicted molar refractivity (Wildman–Crippen MR) is 105 cm³/mol. The van der Waals surface area contributed by atoms with Crippen molar-refractivity contribution in [1.29, 1.82) is 0 Å². The normalized spacial score (nSPS) is 11.0. The van der Waals surface area contributed by atoms with Gasteiger partial charge in [0.05, 0.1) is 12.9 Å². The lowest BCUT2D eigenvalue weighted by molar-refractivity contribution is 0.516. The fourth-order valence-electron chi connectivity index (χ4n) is 3.34. The van der Waals surface area contributed by atoms with Crippen molar-refractivity contribution in [3.63, 3.8) is 0 Å². The van der Waals surface area contributed by atoms with Crippen molar-refractivity contribution in [2.75, 3.05) is 6.54 Å². The van der Waals surface area contributed by atoms with Crippen LogP contribution in [0.3, 0.4) is 0 Å². The summed E-state index contributed by atoms with van der Waals surface area (Å²) in [5.41, 5.74) is 0.342. The van der Waals surface area contributed by atoms with Crippen LogP contribution in [0.25, 0.3) is 11.2 Å². The van der Waals surface area contributed by atoms with Crippen LogP contribution < -0.4 is 11.2 Å². The second-order valence-electron chi connectivity index (χ2n) is 6.98. The van der Waals surface area contributed by atoms with Crippen LogP contribution in [-0.2, 0) is 25.4 Å². The van der Waals surface area contributed by atoms with Crippen LogP contribution in [0.5, 0.6) is 0 Å². The van der Waals surface area contributed by atoms with Crippen LogP contribution in [0.1, 0.15) is 57.8 Å². The number of imidazole rings is 1. The summed E-state index contributed by atoms with van der Waals surface area (Å²) in [6, 6.07) is 0. The summed E-state index contributed by atoms with van der Waals surface area (Å²) in [4.78, 5) is 42.6. The minimum absolute atomic E-state index is 0.257. The maximum absolute atomic E-state index is 12.6. The smallest absolute Gasteiger partial charge is 0.328 e. The Morgan fingerprint density at radius 3 is 2.19 bits per heavy atom. The molecule has 8 heteroatoms. The van der Waals surface area contributed by atoms with E-state index in [0.29, 0.717) is 24.3 Å². The molecule has 0 aliphatic rings. The van der Waals surface area contributed by atoms with Gasteiger partial charge in [0.15, 0.2) is 11.2 Å². The zero-order valence-electron chi connectivity index (χ0n) is 16.3. The minimum Gasteiger partial charge on any atom is -0.328 e. The van der Waals surface area contributed by atoms with Gasteiger partial charge in [-0.05, 0) is 12.8 Å². The highest BCUT2D eigenvalue weighted by molar-refractivity contribution is 5.69. The van der Waals surface area contributed by atoms with Crippen molar-refractivity contribution in [3.8, 4) is 0 Å². The van der Waals surface area contributed by atoms with Gasteiger partial charge in [-0.15, -0.1) is 0 Å². The van der Waals surface area contributed by atoms with Crippen LogP contribution in [0.2, 0.25) is 0 Å². The second kappa shape index (κ2) is 10.6. The predicted octanol–water partition coefficient (Wildman–Crippen LogP) is 2.28. The van der Waals surface area contributed by atoms with E-state index < -0.39 is 0 Å². The number of hydrogen-bond donors (Lipinski definition) is 0. The minimum atomic E-state index is -0.301. The van der Waals surface area contributed by atoms with E-state index in [9.17, 15) is 14.4 Å². The molecule has 0 saturated heterocycles. The maximum atomic E-state index is 12.6. The van der Waals surface area contributed by atoms with E-state index in [2.05, 4.69) is 9.98 Å². The molecule has 8 nitrogen and oxygen atoms in total. The number of rotatable bonds is 12. The number of isocyanates is 1. The molecular weight excluding hydrogens is 346 g/mol. The molecule has 0 unspecified atom stereocenters. The molecule has 2 heterocycles. The third-order valence-corrected chi connectivity index (χ3v) is 4.92. The summed E-state index contributed by atoms with van der Waals surface area (Å²) in [5.74, 6) is 0. The first-order chi connectivity index (χ1) is 13.1. The van der Waals surface area contributed by atoms with E-state index in [4.69, 9.17) is 0 Å². The molecule has 148 valence electrons. The van der Waals surface area contributed by atoms with Gasteiger partial charge in [0, 0.05) is 20.6 Å². The molecule has 2 rings (SSSR count). The van der Waals surface area contributed by atoms with Gasteiger partial charge in [-0.1, -0.05) is 44.9 Å². The number of aryl methyl sites for hydroxylation is 2. The number of aliphatic imine (C=N–C) groups is 1. The SMILES string of the molecule is Cn1cnc2c1c(=O)n(CCCCCCCCCCCN=C=O)c(=O)n2C. The van der Waals surface area contributed by atoms with Gasteiger partial charge in [0.1, 0.15) is 0 Å². The molecule has 0 aliphatic heterocycles. The van der Waals surface area contributed by atoms with Crippen molar-refractivity contribution in [2.45, 2.75) is 64.3 Å². The molecule has 2 aromatic heterocycles. The molecule has 0 N–H and O–H groups in total. The molecule has 27 heavy (non-hydrogen) atoms. The largest absolute Gasteiger partial charge is 0.332 e. The number of carbonyl (C=O) groups excluding carboxylic acids is 1. The highest BCUT2D eigenvalue weighted by atomic mass is 16.2. The van der Waals surface area contributed by atoms with Crippen molar-refractivity contribution < 1.29 is 4.79 Å². The van der Waals surface area contributed by atoms with E-state index in [1.165, 1.54) is 34.8 Å². The molecule has 0 bridgehead atoms. The van der Waals surface area contributed by atoms with Gasteiger partial charge in [0.2, 0.25) is 6.08 Å². The number of aromatic nitrogens is 4. The molecule has 0 fully saturated rings. The Hall–Kier alpha value is -2.47. The highest BCUT2D eigenvalue weighted by Gasteiger charge is 2.14. The molecule has 0 spiro atoms. The fraction of sp³-hybridized carbons (Fsp3) is 0.684. The fourth-order valence-corrected chi connectivity index (χ4v) is 3.34. The number of unbranched alkanes of at least 4 members (excludes halogenated alkanes) is 8. The van der Waals surface area contributed by atoms with E-state index >= 15 is 0 Å². The zero-order valence-corrected chi connectivity index (χ0v) is 16.3. The lowest BCUT2D eigenvalue weighted by Crippen LogP contribution is -2.39. The molecule has 0 radical (unpaired) electrons. The third-order valence-electron chi connectivity index (χ3n) is 4.92. The van der Waals surface area contributed by atoms with Crippen LogP contribution in [-0.4, -0.2) is 31.3 Å². The van der Waals surface area contributed by atoms with Gasteiger partial charge in [-0.2, -0.15) is 0 Å². The average Bonchev–Trinajstić information content (AvgIpc) is 3.05. The van der Waals surface area contributed by atoms with E-state index in [1.807, 2.05) is 0 Å². The first-order valence-corrected chi connectivity index (χ1v) is 9.72. The topological polar surface area (TPSA) is 91.2 Å². The molecule has 0 aliphatic carbocycles. The first kappa shape index (κ1) is 20.8. The third kappa shape index (κ3) is 5.50. The lowest BCUT2D eigenvalue weighted by atomic mass is 10.1. The summed E-state index contributed by atoms with van der Waals surface area (Å²) in [7, 11) is 3.42. The van der Waals surface area contributed by atoms with E-state index in [1.54, 1.807) is 31.1 Å².